The van der Waals surface area contributed by atoms with Gasteiger partial charge in [0.25, 0.3) is 5.91 Å². The Morgan fingerprint density at radius 1 is 1.00 bits per heavy atom. The lowest BCUT2D eigenvalue weighted by Crippen LogP contribution is -2.68. The third-order valence-corrected chi connectivity index (χ3v) is 5.85. The number of nitrogens with zero attached hydrogens (tertiary/aromatic N) is 3. The molecule has 0 radical (unpaired) electrons. The first kappa shape index (κ1) is 25.2. The average Bonchev–Trinajstić information content (AvgIpc) is 2.82. The molecule has 34 heavy (non-hydrogen) atoms. The number of imide groups is 1. The van der Waals surface area contributed by atoms with E-state index in [1.807, 2.05) is 47.4 Å². The van der Waals surface area contributed by atoms with E-state index < -0.39 is 23.8 Å². The average molecular weight is 469 g/mol. The van der Waals surface area contributed by atoms with E-state index in [1.165, 1.54) is 25.9 Å². The van der Waals surface area contributed by atoms with Gasteiger partial charge in [-0.1, -0.05) is 42.5 Å². The highest BCUT2D eigenvalue weighted by Gasteiger charge is 2.38. The molecule has 0 aromatic heterocycles. The van der Waals surface area contributed by atoms with Crippen molar-refractivity contribution in [3.63, 3.8) is 0 Å². The van der Waals surface area contributed by atoms with E-state index in [2.05, 4.69) is 5.43 Å². The van der Waals surface area contributed by atoms with Gasteiger partial charge in [0.15, 0.2) is 11.8 Å². The molecule has 0 aliphatic carbocycles. The second-order valence-corrected chi connectivity index (χ2v) is 8.85. The molecule has 9 nitrogen and oxygen atoms in total. The quantitative estimate of drug-likeness (QED) is 0.552. The number of benzene rings is 2. The normalized spacial score (nSPS) is 16.8. The summed E-state index contributed by atoms with van der Waals surface area (Å²) in [6.45, 7) is 4.20. The number of rotatable bonds is 10. The number of aliphatic carboxylic acids is 1. The van der Waals surface area contributed by atoms with Gasteiger partial charge in [0.2, 0.25) is 0 Å². The molecule has 2 aromatic rings. The summed E-state index contributed by atoms with van der Waals surface area (Å²) < 4.78 is 5.57. The van der Waals surface area contributed by atoms with Crippen molar-refractivity contribution in [2.24, 2.45) is 0 Å². The predicted molar refractivity (Wildman–Crippen MR) is 127 cm³/mol. The number of carboxylic acids is 1. The Hall–Kier alpha value is -3.43. The van der Waals surface area contributed by atoms with Crippen LogP contribution in [0.25, 0.3) is 0 Å². The topological polar surface area (TPSA) is 102 Å². The molecular formula is C25H32N4O5. The second kappa shape index (κ2) is 10.7. The van der Waals surface area contributed by atoms with E-state index >= 15 is 0 Å². The maximum absolute atomic E-state index is 12.9. The number of hydrazine groups is 1. The molecule has 1 saturated heterocycles. The molecule has 0 bridgehead atoms. The first-order valence-corrected chi connectivity index (χ1v) is 11.2. The molecule has 1 aliphatic heterocycles. The first-order valence-electron chi connectivity index (χ1n) is 11.2. The van der Waals surface area contributed by atoms with Crippen molar-refractivity contribution in [2.75, 3.05) is 27.2 Å². The summed E-state index contributed by atoms with van der Waals surface area (Å²) in [5.74, 6) is -0.859. The van der Waals surface area contributed by atoms with Crippen LogP contribution in [0.1, 0.15) is 25.0 Å². The van der Waals surface area contributed by atoms with Crippen molar-refractivity contribution in [1.82, 2.24) is 20.2 Å². The molecule has 3 rings (SSSR count). The SMILES string of the molecule is CN1NC(N(CCc2ccccc2)CCc2ccc(OC(C)(C)C(=O)O)cc2)C(=O)N(C)C1=O. The van der Waals surface area contributed by atoms with E-state index in [0.717, 1.165) is 22.4 Å². The fourth-order valence-corrected chi connectivity index (χ4v) is 3.66. The van der Waals surface area contributed by atoms with Crippen molar-refractivity contribution in [3.05, 3.63) is 65.7 Å². The minimum Gasteiger partial charge on any atom is -0.478 e. The molecule has 1 atom stereocenters. The summed E-state index contributed by atoms with van der Waals surface area (Å²) in [6, 6.07) is 16.9. The Morgan fingerprint density at radius 2 is 1.56 bits per heavy atom. The molecule has 9 heteroatoms. The Balaban J connectivity index is 1.70. The van der Waals surface area contributed by atoms with Crippen LogP contribution in [0.5, 0.6) is 5.75 Å². The van der Waals surface area contributed by atoms with E-state index in [-0.39, 0.29) is 5.91 Å². The first-order chi connectivity index (χ1) is 16.1. The third kappa shape index (κ3) is 6.12. The van der Waals surface area contributed by atoms with E-state index in [1.54, 1.807) is 19.2 Å². The zero-order valence-electron chi connectivity index (χ0n) is 20.0. The van der Waals surface area contributed by atoms with Crippen molar-refractivity contribution >= 4 is 17.9 Å². The van der Waals surface area contributed by atoms with Gasteiger partial charge < -0.3 is 9.84 Å². The molecule has 2 aromatic carbocycles. The summed E-state index contributed by atoms with van der Waals surface area (Å²) >= 11 is 0. The van der Waals surface area contributed by atoms with Gasteiger partial charge in [0, 0.05) is 27.2 Å². The van der Waals surface area contributed by atoms with Crippen LogP contribution >= 0.6 is 0 Å². The molecule has 2 N–H and O–H groups in total. The summed E-state index contributed by atoms with van der Waals surface area (Å²) in [5, 5.41) is 10.6. The molecule has 1 fully saturated rings. The van der Waals surface area contributed by atoms with Crippen molar-refractivity contribution < 1.29 is 24.2 Å². The minimum atomic E-state index is -1.32. The number of ether oxygens (including phenoxy) is 1. The molecule has 3 amide bonds. The molecule has 0 spiro atoms. The van der Waals surface area contributed by atoms with E-state index in [0.29, 0.717) is 25.3 Å². The highest BCUT2D eigenvalue weighted by molar-refractivity contribution is 5.98. The van der Waals surface area contributed by atoms with Gasteiger partial charge >= 0.3 is 12.0 Å². The van der Waals surface area contributed by atoms with Gasteiger partial charge in [0.05, 0.1) is 0 Å². The molecule has 1 heterocycles. The highest BCUT2D eigenvalue weighted by Crippen LogP contribution is 2.20. The van der Waals surface area contributed by atoms with Crippen molar-refractivity contribution in [1.29, 1.82) is 0 Å². The number of carboxylic acid groups (broad SMARTS) is 1. The van der Waals surface area contributed by atoms with Crippen LogP contribution in [0, 0.1) is 0 Å². The lowest BCUT2D eigenvalue weighted by Gasteiger charge is -2.40. The highest BCUT2D eigenvalue weighted by atomic mass is 16.5. The lowest BCUT2D eigenvalue weighted by atomic mass is 10.1. The zero-order valence-corrected chi connectivity index (χ0v) is 20.0. The number of urea groups is 1. The fourth-order valence-electron chi connectivity index (χ4n) is 3.66. The molecule has 0 saturated carbocycles. The summed E-state index contributed by atoms with van der Waals surface area (Å²) in [5.41, 5.74) is 3.87. The Labute approximate surface area is 199 Å². The number of hydrogen-bond donors (Lipinski definition) is 2. The number of carbonyl (C=O) groups excluding carboxylic acids is 2. The van der Waals surface area contributed by atoms with Gasteiger partial charge in [-0.2, -0.15) is 0 Å². The number of nitrogens with one attached hydrogen (secondary N) is 1. The van der Waals surface area contributed by atoms with Gasteiger partial charge in [-0.05, 0) is 49.9 Å². The zero-order chi connectivity index (χ0) is 24.9. The van der Waals surface area contributed by atoms with E-state index in [4.69, 9.17) is 4.74 Å². The number of carbonyl (C=O) groups is 3. The molecule has 1 unspecified atom stereocenters. The predicted octanol–water partition coefficient (Wildman–Crippen LogP) is 2.37. The van der Waals surface area contributed by atoms with Crippen molar-refractivity contribution in [2.45, 2.75) is 38.5 Å². The largest absolute Gasteiger partial charge is 0.478 e. The molecular weight excluding hydrogens is 436 g/mol. The summed E-state index contributed by atoms with van der Waals surface area (Å²) in [4.78, 5) is 39.5. The van der Waals surface area contributed by atoms with Crippen molar-refractivity contribution in [3.8, 4) is 5.75 Å². The van der Waals surface area contributed by atoms with Crippen LogP contribution < -0.4 is 10.2 Å². The maximum Gasteiger partial charge on any atom is 0.347 e. The fraction of sp³-hybridized carbons (Fsp3) is 0.400. The van der Waals surface area contributed by atoms with Gasteiger partial charge in [-0.25, -0.2) is 15.0 Å². The lowest BCUT2D eigenvalue weighted by molar-refractivity contribution is -0.152. The van der Waals surface area contributed by atoms with Crippen LogP contribution in [-0.2, 0) is 22.4 Å². The van der Waals surface area contributed by atoms with E-state index in [9.17, 15) is 19.5 Å². The third-order valence-electron chi connectivity index (χ3n) is 5.85. The standard InChI is InChI=1S/C25H32N4O5/c1-25(2,23(31)32)34-20-12-10-19(11-13-20)15-17-29(16-14-18-8-6-5-7-9-18)21-22(30)27(3)24(33)28(4)26-21/h5-13,21,26H,14-17H2,1-4H3,(H,31,32). The number of amides is 3. The smallest absolute Gasteiger partial charge is 0.347 e. The van der Waals surface area contributed by atoms with Crippen LogP contribution in [0.3, 0.4) is 0 Å². The second-order valence-electron chi connectivity index (χ2n) is 8.85. The van der Waals surface area contributed by atoms with Crippen LogP contribution in [0.15, 0.2) is 54.6 Å². The molecule has 182 valence electrons. The number of hydrogen-bond acceptors (Lipinski definition) is 6. The van der Waals surface area contributed by atoms with Gasteiger partial charge in [-0.15, -0.1) is 0 Å². The summed E-state index contributed by atoms with van der Waals surface area (Å²) in [6.07, 6.45) is 0.755. The monoisotopic (exact) mass is 468 g/mol. The Morgan fingerprint density at radius 3 is 2.12 bits per heavy atom. The van der Waals surface area contributed by atoms with Crippen LogP contribution in [0.4, 0.5) is 4.79 Å². The molecule has 1 aliphatic rings. The van der Waals surface area contributed by atoms with Crippen LogP contribution in [0.2, 0.25) is 0 Å². The maximum atomic E-state index is 12.9. The Kier molecular flexibility index (Phi) is 7.90. The minimum absolute atomic E-state index is 0.296. The Bertz CT molecular complexity index is 1010. The van der Waals surface area contributed by atoms with Gasteiger partial charge in [0.1, 0.15) is 5.75 Å². The summed E-state index contributed by atoms with van der Waals surface area (Å²) in [7, 11) is 3.09. The van der Waals surface area contributed by atoms with Crippen LogP contribution in [-0.4, -0.2) is 76.8 Å². The number of likely N-dealkylation sites (N-methyl/N-ethyl adjacent to an activating group) is 1. The van der Waals surface area contributed by atoms with Gasteiger partial charge in [-0.3, -0.25) is 19.6 Å².